The molecule has 90 valence electrons. The molecule has 2 unspecified atom stereocenters. The molecule has 1 aliphatic rings. The lowest BCUT2D eigenvalue weighted by Gasteiger charge is -2.08. The molecule has 1 saturated carbocycles. The second kappa shape index (κ2) is 4.02. The van der Waals surface area contributed by atoms with Crippen molar-refractivity contribution in [2.45, 2.75) is 24.3 Å². The molecular formula is C11H13N3O2S. The molecule has 0 saturated heterocycles. The van der Waals surface area contributed by atoms with Gasteiger partial charge in [-0.3, -0.25) is 0 Å². The predicted octanol–water partition coefficient (Wildman–Crippen LogP) is 0.827. The van der Waals surface area contributed by atoms with Crippen molar-refractivity contribution in [3.63, 3.8) is 0 Å². The third kappa shape index (κ3) is 2.40. The van der Waals surface area contributed by atoms with Crippen LogP contribution in [0.1, 0.15) is 18.9 Å². The Labute approximate surface area is 100 Å². The van der Waals surface area contributed by atoms with E-state index in [0.29, 0.717) is 11.5 Å². The molecule has 6 heteroatoms. The molecule has 1 fully saturated rings. The molecule has 2 rings (SSSR count). The number of nitrogens with two attached hydrogens (primary N) is 1. The van der Waals surface area contributed by atoms with Crippen LogP contribution in [0.5, 0.6) is 0 Å². The predicted molar refractivity (Wildman–Crippen MR) is 63.5 cm³/mol. The monoisotopic (exact) mass is 251 g/mol. The average molecular weight is 251 g/mol. The van der Waals surface area contributed by atoms with E-state index < -0.39 is 10.0 Å². The standard InChI is InChI=1S/C11H13N3O2S/c1-7-4-10(7)14-17(15,16)11-3-2-8(6-12)5-9(11)13/h2-3,5,7,10,14H,4,13H2,1H3. The van der Waals surface area contributed by atoms with Crippen LogP contribution in [0.2, 0.25) is 0 Å². The highest BCUT2D eigenvalue weighted by Crippen LogP contribution is 2.31. The van der Waals surface area contributed by atoms with Gasteiger partial charge in [0.1, 0.15) is 4.90 Å². The van der Waals surface area contributed by atoms with E-state index >= 15 is 0 Å². The first-order chi connectivity index (χ1) is 7.94. The van der Waals surface area contributed by atoms with Gasteiger partial charge >= 0.3 is 0 Å². The summed E-state index contributed by atoms with van der Waals surface area (Å²) in [5.41, 5.74) is 6.09. The van der Waals surface area contributed by atoms with E-state index in [1.807, 2.05) is 13.0 Å². The summed E-state index contributed by atoms with van der Waals surface area (Å²) < 4.78 is 26.5. The number of nitriles is 1. The number of benzene rings is 1. The fourth-order valence-electron chi connectivity index (χ4n) is 1.61. The number of sulfonamides is 1. The maximum Gasteiger partial charge on any atom is 0.242 e. The van der Waals surface area contributed by atoms with Gasteiger partial charge in [0.2, 0.25) is 10.0 Å². The molecule has 1 aliphatic carbocycles. The van der Waals surface area contributed by atoms with E-state index in [1.54, 1.807) is 0 Å². The third-order valence-corrected chi connectivity index (χ3v) is 4.41. The summed E-state index contributed by atoms with van der Waals surface area (Å²) >= 11 is 0. The topological polar surface area (TPSA) is 96.0 Å². The Morgan fingerprint density at radius 1 is 1.53 bits per heavy atom. The van der Waals surface area contributed by atoms with E-state index in [1.165, 1.54) is 18.2 Å². The Morgan fingerprint density at radius 3 is 2.65 bits per heavy atom. The van der Waals surface area contributed by atoms with E-state index in [9.17, 15) is 8.42 Å². The molecule has 0 spiro atoms. The number of nitrogens with one attached hydrogen (secondary N) is 1. The van der Waals surface area contributed by atoms with Crippen LogP contribution in [-0.4, -0.2) is 14.5 Å². The Morgan fingerprint density at radius 2 is 2.18 bits per heavy atom. The van der Waals surface area contributed by atoms with Gasteiger partial charge in [-0.2, -0.15) is 5.26 Å². The summed E-state index contributed by atoms with van der Waals surface area (Å²) in [7, 11) is -3.57. The Bertz CT molecular complexity index is 589. The minimum atomic E-state index is -3.57. The first kappa shape index (κ1) is 11.9. The van der Waals surface area contributed by atoms with Gasteiger partial charge in [0.15, 0.2) is 0 Å². The summed E-state index contributed by atoms with van der Waals surface area (Å²) in [4.78, 5) is 0.0376. The zero-order valence-corrected chi connectivity index (χ0v) is 10.2. The Kier molecular flexibility index (Phi) is 2.81. The van der Waals surface area contributed by atoms with E-state index in [2.05, 4.69) is 4.72 Å². The minimum Gasteiger partial charge on any atom is -0.398 e. The van der Waals surface area contributed by atoms with Gasteiger partial charge in [-0.15, -0.1) is 0 Å². The maximum absolute atomic E-state index is 12.0. The van der Waals surface area contributed by atoms with Gasteiger partial charge in [0.05, 0.1) is 17.3 Å². The first-order valence-corrected chi connectivity index (χ1v) is 6.74. The van der Waals surface area contributed by atoms with Crippen molar-refractivity contribution >= 4 is 15.7 Å². The fraction of sp³-hybridized carbons (Fsp3) is 0.364. The number of nitrogen functional groups attached to an aromatic ring is 1. The van der Waals surface area contributed by atoms with Crippen molar-refractivity contribution in [2.24, 2.45) is 5.92 Å². The number of anilines is 1. The highest BCUT2D eigenvalue weighted by Gasteiger charge is 2.36. The number of rotatable bonds is 3. The molecule has 3 N–H and O–H groups in total. The number of hydrogen-bond acceptors (Lipinski definition) is 4. The summed E-state index contributed by atoms with van der Waals surface area (Å²) in [5, 5.41) is 8.68. The van der Waals surface area contributed by atoms with Crippen LogP contribution in [0.4, 0.5) is 5.69 Å². The summed E-state index contributed by atoms with van der Waals surface area (Å²) in [6, 6.07) is 6.10. The average Bonchev–Trinajstić information content (AvgIpc) is 2.92. The zero-order chi connectivity index (χ0) is 12.6. The van der Waals surface area contributed by atoms with Gasteiger partial charge in [-0.25, -0.2) is 13.1 Å². The molecule has 0 heterocycles. The van der Waals surface area contributed by atoms with Crippen molar-refractivity contribution < 1.29 is 8.42 Å². The minimum absolute atomic E-state index is 0.00930. The lowest BCUT2D eigenvalue weighted by atomic mass is 10.2. The summed E-state index contributed by atoms with van der Waals surface area (Å²) in [6.45, 7) is 1.98. The second-order valence-electron chi connectivity index (χ2n) is 4.31. The van der Waals surface area contributed by atoms with Crippen LogP contribution in [-0.2, 0) is 10.0 Å². The molecule has 0 aromatic heterocycles. The highest BCUT2D eigenvalue weighted by molar-refractivity contribution is 7.89. The van der Waals surface area contributed by atoms with Crippen molar-refractivity contribution in [3.8, 4) is 6.07 Å². The van der Waals surface area contributed by atoms with E-state index in [4.69, 9.17) is 11.0 Å². The van der Waals surface area contributed by atoms with Crippen LogP contribution >= 0.6 is 0 Å². The van der Waals surface area contributed by atoms with Crippen LogP contribution in [0.25, 0.3) is 0 Å². The van der Waals surface area contributed by atoms with Crippen LogP contribution < -0.4 is 10.5 Å². The number of nitrogens with zero attached hydrogens (tertiary/aromatic N) is 1. The largest absolute Gasteiger partial charge is 0.398 e. The molecule has 0 radical (unpaired) electrons. The first-order valence-electron chi connectivity index (χ1n) is 5.26. The molecule has 0 bridgehead atoms. The van der Waals surface area contributed by atoms with Crippen molar-refractivity contribution in [1.82, 2.24) is 4.72 Å². The summed E-state index contributed by atoms with van der Waals surface area (Å²) in [6.07, 6.45) is 0.857. The highest BCUT2D eigenvalue weighted by atomic mass is 32.2. The van der Waals surface area contributed by atoms with Gasteiger partial charge in [-0.1, -0.05) is 6.92 Å². The molecule has 0 aliphatic heterocycles. The van der Waals surface area contributed by atoms with Crippen molar-refractivity contribution in [1.29, 1.82) is 5.26 Å². The molecule has 5 nitrogen and oxygen atoms in total. The zero-order valence-electron chi connectivity index (χ0n) is 9.34. The van der Waals surface area contributed by atoms with Crippen molar-refractivity contribution in [2.75, 3.05) is 5.73 Å². The smallest absolute Gasteiger partial charge is 0.242 e. The molecular weight excluding hydrogens is 238 g/mol. The number of hydrogen-bond donors (Lipinski definition) is 2. The molecule has 2 atom stereocenters. The molecule has 1 aromatic carbocycles. The fourth-order valence-corrected chi connectivity index (χ4v) is 3.08. The SMILES string of the molecule is CC1CC1NS(=O)(=O)c1ccc(C#N)cc1N. The van der Waals surface area contributed by atoms with Gasteiger partial charge in [-0.05, 0) is 30.5 Å². The van der Waals surface area contributed by atoms with Crippen LogP contribution in [0.15, 0.2) is 23.1 Å². The van der Waals surface area contributed by atoms with E-state index in [0.717, 1.165) is 6.42 Å². The van der Waals surface area contributed by atoms with E-state index in [-0.39, 0.29) is 16.6 Å². The Balaban J connectivity index is 2.30. The Hall–Kier alpha value is -1.58. The van der Waals surface area contributed by atoms with Crippen molar-refractivity contribution in [3.05, 3.63) is 23.8 Å². The lowest BCUT2D eigenvalue weighted by molar-refractivity contribution is 0.579. The van der Waals surface area contributed by atoms with Crippen LogP contribution in [0.3, 0.4) is 0 Å². The van der Waals surface area contributed by atoms with Crippen LogP contribution in [0, 0.1) is 17.2 Å². The molecule has 0 amide bonds. The molecule has 1 aromatic rings. The van der Waals surface area contributed by atoms with Gasteiger partial charge in [0.25, 0.3) is 0 Å². The summed E-state index contributed by atoms with van der Waals surface area (Å²) in [5.74, 6) is 0.379. The molecule has 17 heavy (non-hydrogen) atoms. The normalized spacial score (nSPS) is 23.1. The third-order valence-electron chi connectivity index (χ3n) is 2.84. The van der Waals surface area contributed by atoms with Gasteiger partial charge < -0.3 is 5.73 Å². The second-order valence-corrected chi connectivity index (χ2v) is 5.99. The quantitative estimate of drug-likeness (QED) is 0.777. The van der Waals surface area contributed by atoms with Gasteiger partial charge in [0, 0.05) is 6.04 Å². The maximum atomic E-state index is 12.0. The lowest BCUT2D eigenvalue weighted by Crippen LogP contribution is -2.27.